The van der Waals surface area contributed by atoms with Crippen molar-refractivity contribution in [2.75, 3.05) is 52.1 Å². The third-order valence-electron chi connectivity index (χ3n) is 9.43. The Morgan fingerprint density at radius 1 is 0.770 bits per heavy atom. The highest BCUT2D eigenvalue weighted by Gasteiger charge is 2.54. The number of nitrogens with one attached hydrogen (secondary N) is 1. The molecule has 2 heterocycles. The zero-order valence-electron chi connectivity index (χ0n) is 34.7. The Balaban J connectivity index is 1.90. The zero-order chi connectivity index (χ0) is 44.8. The third kappa shape index (κ3) is 19.2. The fourth-order valence-electron chi connectivity index (χ4n) is 6.26. The Kier molecular flexibility index (Phi) is 24.8. The molecule has 0 spiro atoms. The number of aliphatic hydroxyl groups excluding tert-OH is 1. The van der Waals surface area contributed by atoms with E-state index < -0.39 is 108 Å². The van der Waals surface area contributed by atoms with Gasteiger partial charge >= 0.3 is 24.0 Å². The number of aliphatic hydroxyl groups is 1. The van der Waals surface area contributed by atoms with Crippen LogP contribution in [-0.2, 0) is 57.0 Å². The molecule has 21 heteroatoms. The molecule has 348 valence electrons. The number of esters is 3. The highest BCUT2D eigenvalue weighted by Crippen LogP contribution is 2.34. The summed E-state index contributed by atoms with van der Waals surface area (Å²) in [7, 11) is 0. The molecule has 1 aromatic rings. The van der Waals surface area contributed by atoms with Crippen LogP contribution in [0.25, 0.3) is 0 Å². The number of hydrogen-bond donors (Lipinski definition) is 3. The molecule has 2 aliphatic heterocycles. The van der Waals surface area contributed by atoms with Crippen LogP contribution in [0.5, 0.6) is 0 Å². The second kappa shape index (κ2) is 28.5. The van der Waals surface area contributed by atoms with Crippen molar-refractivity contribution in [1.82, 2.24) is 5.32 Å². The summed E-state index contributed by atoms with van der Waals surface area (Å²) in [4.78, 5) is 49.7. The molecule has 4 N–H and O–H groups in total. The van der Waals surface area contributed by atoms with Crippen molar-refractivity contribution in [2.24, 2.45) is 5.73 Å². The van der Waals surface area contributed by atoms with Gasteiger partial charge in [0.05, 0.1) is 11.6 Å². The summed E-state index contributed by atoms with van der Waals surface area (Å²) >= 11 is 22.6. The van der Waals surface area contributed by atoms with Gasteiger partial charge in [-0.2, -0.15) is 0 Å². The standard InChI is InChI=1S/C40H60Cl4N2O15/c1-4-6-18-52-33-30(45)37(58-27(31(33)49)22-55-25(3)47)61-32-28(23-56-29(48)21-41)59-38(54-20-14-9-8-13-17-46-39(51)57-24-40(42,43)44)35(34(32)53-19-7-5-2)60-36(50)26-15-11-10-12-16-26/h10-12,15-16,27-28,30-35,37-38,49H,4-9,13-14,17-24,45H2,1-3H3,(H,46,51). The average Bonchev–Trinajstić information content (AvgIpc) is 3.23. The van der Waals surface area contributed by atoms with Crippen molar-refractivity contribution in [3.63, 3.8) is 0 Å². The summed E-state index contributed by atoms with van der Waals surface area (Å²) in [6.45, 7) is 5.01. The van der Waals surface area contributed by atoms with Crippen molar-refractivity contribution in [3.05, 3.63) is 35.9 Å². The molecular formula is C40H60Cl4N2O15. The molecule has 0 radical (unpaired) electrons. The van der Waals surface area contributed by atoms with Crippen LogP contribution in [0.4, 0.5) is 4.79 Å². The van der Waals surface area contributed by atoms with Gasteiger partial charge < -0.3 is 63.5 Å². The summed E-state index contributed by atoms with van der Waals surface area (Å²) in [5.41, 5.74) is 6.95. The minimum Gasteiger partial charge on any atom is -0.463 e. The summed E-state index contributed by atoms with van der Waals surface area (Å²) in [5, 5.41) is 13.9. The molecule has 3 rings (SSSR count). The van der Waals surface area contributed by atoms with Crippen molar-refractivity contribution < 1.29 is 71.7 Å². The van der Waals surface area contributed by atoms with Crippen LogP contribution >= 0.6 is 46.4 Å². The van der Waals surface area contributed by atoms with Gasteiger partial charge in [-0.15, -0.1) is 11.6 Å². The minimum absolute atomic E-state index is 0.146. The van der Waals surface area contributed by atoms with Gasteiger partial charge in [-0.3, -0.25) is 9.59 Å². The number of carbonyl (C=O) groups is 4. The molecule has 0 bridgehead atoms. The van der Waals surface area contributed by atoms with Gasteiger partial charge in [-0.25, -0.2) is 9.59 Å². The molecule has 1 amide bonds. The lowest BCUT2D eigenvalue weighted by Crippen LogP contribution is -2.67. The molecule has 2 fully saturated rings. The molecule has 2 saturated heterocycles. The Bertz CT molecular complexity index is 1450. The first kappa shape index (κ1) is 53.1. The largest absolute Gasteiger partial charge is 0.463 e. The van der Waals surface area contributed by atoms with Crippen molar-refractivity contribution in [1.29, 1.82) is 0 Å². The van der Waals surface area contributed by atoms with E-state index in [1.807, 2.05) is 13.8 Å². The number of amides is 1. The van der Waals surface area contributed by atoms with Crippen LogP contribution in [0.2, 0.25) is 0 Å². The molecule has 17 nitrogen and oxygen atoms in total. The van der Waals surface area contributed by atoms with Gasteiger partial charge in [0.2, 0.25) is 3.79 Å². The van der Waals surface area contributed by atoms with E-state index in [0.717, 1.165) is 12.8 Å². The minimum atomic E-state index is -1.71. The average molecular weight is 951 g/mol. The molecule has 61 heavy (non-hydrogen) atoms. The summed E-state index contributed by atoms with van der Waals surface area (Å²) in [6.07, 6.45) is -6.01. The first-order valence-electron chi connectivity index (χ1n) is 20.5. The second-order valence-corrected chi connectivity index (χ2v) is 17.2. The molecule has 0 aliphatic carbocycles. The maximum atomic E-state index is 13.7. The molecule has 10 unspecified atom stereocenters. The number of alkyl carbamates (subject to hydrolysis) is 1. The maximum absolute atomic E-state index is 13.7. The molecule has 1 aromatic carbocycles. The van der Waals surface area contributed by atoms with Crippen LogP contribution in [0.15, 0.2) is 30.3 Å². The molecule has 10 atom stereocenters. The smallest absolute Gasteiger partial charge is 0.407 e. The zero-order valence-corrected chi connectivity index (χ0v) is 37.7. The number of halogens is 4. The summed E-state index contributed by atoms with van der Waals surface area (Å²) < 4.78 is 58.0. The Morgan fingerprint density at radius 2 is 1.39 bits per heavy atom. The third-order valence-corrected chi connectivity index (χ3v) is 9.98. The van der Waals surface area contributed by atoms with Crippen LogP contribution < -0.4 is 11.1 Å². The number of nitrogens with two attached hydrogens (primary N) is 1. The van der Waals surface area contributed by atoms with E-state index in [1.54, 1.807) is 30.3 Å². The lowest BCUT2D eigenvalue weighted by molar-refractivity contribution is -0.350. The molecule has 2 aliphatic rings. The number of hydrogen-bond acceptors (Lipinski definition) is 16. The highest BCUT2D eigenvalue weighted by atomic mass is 35.6. The fourth-order valence-corrected chi connectivity index (χ4v) is 6.51. The summed E-state index contributed by atoms with van der Waals surface area (Å²) in [5.74, 6) is -2.48. The van der Waals surface area contributed by atoms with Crippen molar-refractivity contribution >= 4 is 70.4 Å². The first-order chi connectivity index (χ1) is 29.2. The van der Waals surface area contributed by atoms with Crippen molar-refractivity contribution in [2.45, 2.75) is 137 Å². The Labute approximate surface area is 377 Å². The van der Waals surface area contributed by atoms with E-state index in [0.29, 0.717) is 45.1 Å². The van der Waals surface area contributed by atoms with E-state index in [4.69, 9.17) is 99.5 Å². The number of benzene rings is 1. The van der Waals surface area contributed by atoms with Crippen LogP contribution in [0.1, 0.15) is 82.5 Å². The monoisotopic (exact) mass is 948 g/mol. The Hall–Kier alpha value is -2.26. The number of carbonyl (C=O) groups excluding carboxylic acids is 4. The molecule has 0 saturated carbocycles. The van der Waals surface area contributed by atoms with Gasteiger partial charge in [0, 0.05) is 33.3 Å². The fraction of sp³-hybridized carbons (Fsp3) is 0.750. The Morgan fingerprint density at radius 3 is 2.03 bits per heavy atom. The predicted octanol–water partition coefficient (Wildman–Crippen LogP) is 5.12. The van der Waals surface area contributed by atoms with Crippen LogP contribution in [-0.4, -0.2) is 146 Å². The molecular weight excluding hydrogens is 890 g/mol. The first-order valence-corrected chi connectivity index (χ1v) is 22.2. The predicted molar refractivity (Wildman–Crippen MR) is 223 cm³/mol. The molecule has 0 aromatic heterocycles. The van der Waals surface area contributed by atoms with E-state index in [-0.39, 0.29) is 32.0 Å². The lowest BCUT2D eigenvalue weighted by atomic mass is 9.95. The quantitative estimate of drug-likeness (QED) is 0.0475. The number of unbranched alkanes of at least 4 members (excludes halogenated alkanes) is 5. The number of rotatable bonds is 26. The maximum Gasteiger partial charge on any atom is 0.407 e. The van der Waals surface area contributed by atoms with E-state index in [9.17, 15) is 24.3 Å². The highest BCUT2D eigenvalue weighted by molar-refractivity contribution is 6.67. The van der Waals surface area contributed by atoms with Gasteiger partial charge in [0.1, 0.15) is 62.3 Å². The number of ether oxygens (including phenoxy) is 10. The van der Waals surface area contributed by atoms with E-state index in [1.165, 1.54) is 6.92 Å². The number of alkyl halides is 4. The normalized spacial score (nSPS) is 26.6. The van der Waals surface area contributed by atoms with Gasteiger partial charge in [-0.1, -0.05) is 92.5 Å². The second-order valence-electron chi connectivity index (χ2n) is 14.4. The van der Waals surface area contributed by atoms with E-state index >= 15 is 0 Å². The van der Waals surface area contributed by atoms with Crippen LogP contribution in [0.3, 0.4) is 0 Å². The van der Waals surface area contributed by atoms with Crippen molar-refractivity contribution in [3.8, 4) is 0 Å². The topological polar surface area (TPSA) is 219 Å². The lowest BCUT2D eigenvalue weighted by Gasteiger charge is -2.48. The summed E-state index contributed by atoms with van der Waals surface area (Å²) in [6, 6.07) is 7.22. The SMILES string of the molecule is CCCCOC1C(N)C(OC2C(COC(=O)CCl)OC(OCCCCCCNC(=O)OCC(Cl)(Cl)Cl)C(OC(=O)c3ccccc3)C2OCCCC)OC(COC(C)=O)C1O. The van der Waals surface area contributed by atoms with Gasteiger partial charge in [0.15, 0.2) is 18.7 Å². The van der Waals surface area contributed by atoms with Gasteiger partial charge in [0.25, 0.3) is 0 Å². The van der Waals surface area contributed by atoms with Crippen LogP contribution in [0, 0.1) is 0 Å². The van der Waals surface area contributed by atoms with Gasteiger partial charge in [-0.05, 0) is 37.8 Å². The van der Waals surface area contributed by atoms with E-state index in [2.05, 4.69) is 5.32 Å².